The van der Waals surface area contributed by atoms with E-state index in [-0.39, 0.29) is 12.2 Å². The van der Waals surface area contributed by atoms with Crippen molar-refractivity contribution in [1.29, 1.82) is 0 Å². The predicted molar refractivity (Wildman–Crippen MR) is 75.0 cm³/mol. The van der Waals surface area contributed by atoms with Gasteiger partial charge in [0.1, 0.15) is 0 Å². The Bertz CT molecular complexity index is 503. The number of carbonyl (C=O) groups excluding carboxylic acids is 2. The van der Waals surface area contributed by atoms with E-state index in [1.165, 1.54) is 6.08 Å². The molecular weight excluding hydrogens is 258 g/mol. The molecule has 0 bridgehead atoms. The Kier molecular flexibility index (Phi) is 5.77. The summed E-state index contributed by atoms with van der Waals surface area (Å²) in [6, 6.07) is 7.38. The predicted octanol–water partition coefficient (Wildman–Crippen LogP) is 0.839. The van der Waals surface area contributed by atoms with Gasteiger partial charge in [0.25, 0.3) is 0 Å². The molecular formula is C15H18NO4-. The van der Waals surface area contributed by atoms with Gasteiger partial charge >= 0.3 is 5.97 Å². The molecule has 0 saturated carbocycles. The fourth-order valence-electron chi connectivity index (χ4n) is 1.63. The number of anilines is 1. The highest BCUT2D eigenvalue weighted by Crippen LogP contribution is 2.16. The van der Waals surface area contributed by atoms with Crippen LogP contribution in [0.3, 0.4) is 0 Å². The Morgan fingerprint density at radius 3 is 2.30 bits per heavy atom. The monoisotopic (exact) mass is 276 g/mol. The van der Waals surface area contributed by atoms with Crippen molar-refractivity contribution in [3.8, 4) is 0 Å². The maximum absolute atomic E-state index is 11.7. The molecule has 5 nitrogen and oxygen atoms in total. The minimum absolute atomic E-state index is 0.0736. The first-order valence-corrected chi connectivity index (χ1v) is 6.29. The van der Waals surface area contributed by atoms with Crippen molar-refractivity contribution in [2.24, 2.45) is 0 Å². The van der Waals surface area contributed by atoms with Crippen LogP contribution >= 0.6 is 0 Å². The Hall–Kier alpha value is -2.30. The van der Waals surface area contributed by atoms with Crippen molar-refractivity contribution >= 4 is 23.7 Å². The van der Waals surface area contributed by atoms with Gasteiger partial charge in [0.2, 0.25) is 0 Å². The third kappa shape index (κ3) is 4.76. The van der Waals surface area contributed by atoms with Gasteiger partial charge in [-0.2, -0.15) is 0 Å². The van der Waals surface area contributed by atoms with Crippen LogP contribution in [-0.2, 0) is 14.3 Å². The van der Waals surface area contributed by atoms with Gasteiger partial charge in [0.05, 0.1) is 6.61 Å². The molecule has 0 saturated heterocycles. The highest BCUT2D eigenvalue weighted by Gasteiger charge is 2.11. The lowest BCUT2D eigenvalue weighted by Gasteiger charge is -2.12. The van der Waals surface area contributed by atoms with E-state index >= 15 is 0 Å². The number of rotatable bonds is 6. The average molecular weight is 276 g/mol. The summed E-state index contributed by atoms with van der Waals surface area (Å²) in [5, 5.41) is 10.7. The number of carboxylic acids is 1. The van der Waals surface area contributed by atoms with Crippen LogP contribution in [0.1, 0.15) is 18.9 Å². The number of hydrogen-bond acceptors (Lipinski definition) is 5. The lowest BCUT2D eigenvalue weighted by atomic mass is 10.1. The second-order valence-corrected chi connectivity index (χ2v) is 4.42. The van der Waals surface area contributed by atoms with Crippen molar-refractivity contribution in [2.45, 2.75) is 13.3 Å². The molecule has 0 aliphatic rings. The summed E-state index contributed by atoms with van der Waals surface area (Å²) in [6.07, 6.45) is 1.04. The van der Waals surface area contributed by atoms with E-state index in [1.54, 1.807) is 6.92 Å². The van der Waals surface area contributed by atoms with Gasteiger partial charge in [-0.25, -0.2) is 4.79 Å². The molecule has 20 heavy (non-hydrogen) atoms. The van der Waals surface area contributed by atoms with Gasteiger partial charge in [-0.05, 0) is 30.7 Å². The average Bonchev–Trinajstić information content (AvgIpc) is 2.38. The molecule has 108 valence electrons. The van der Waals surface area contributed by atoms with Crippen LogP contribution in [0.4, 0.5) is 5.69 Å². The molecule has 0 amide bonds. The van der Waals surface area contributed by atoms with Crippen LogP contribution in [0.25, 0.3) is 6.08 Å². The quantitative estimate of drug-likeness (QED) is 0.569. The first-order valence-electron chi connectivity index (χ1n) is 6.29. The van der Waals surface area contributed by atoms with Crippen molar-refractivity contribution in [3.63, 3.8) is 0 Å². The molecule has 1 aromatic carbocycles. The highest BCUT2D eigenvalue weighted by molar-refractivity contribution is 5.97. The number of benzene rings is 1. The lowest BCUT2D eigenvalue weighted by molar-refractivity contribution is -0.304. The number of esters is 1. The van der Waals surface area contributed by atoms with Crippen LogP contribution in [0, 0.1) is 0 Å². The summed E-state index contributed by atoms with van der Waals surface area (Å²) in [5.74, 6) is -1.94. The molecule has 0 radical (unpaired) electrons. The fourth-order valence-corrected chi connectivity index (χ4v) is 1.63. The van der Waals surface area contributed by atoms with Crippen LogP contribution in [0.5, 0.6) is 0 Å². The van der Waals surface area contributed by atoms with E-state index in [2.05, 4.69) is 0 Å². The van der Waals surface area contributed by atoms with E-state index in [0.717, 1.165) is 11.3 Å². The molecule has 0 N–H and O–H groups in total. The third-order valence-corrected chi connectivity index (χ3v) is 2.62. The molecule has 1 rings (SSSR count). The van der Waals surface area contributed by atoms with Crippen molar-refractivity contribution in [2.75, 3.05) is 25.6 Å². The van der Waals surface area contributed by atoms with Crippen LogP contribution < -0.4 is 10.0 Å². The van der Waals surface area contributed by atoms with Crippen LogP contribution in [-0.4, -0.2) is 32.6 Å². The third-order valence-electron chi connectivity index (χ3n) is 2.62. The zero-order chi connectivity index (χ0) is 15.1. The van der Waals surface area contributed by atoms with Crippen molar-refractivity contribution in [1.82, 2.24) is 0 Å². The number of carbonyl (C=O) groups is 2. The SMILES string of the molecule is CCOC(=O)C(=Cc1ccc(N(C)C)cc1)CC(=O)[O-]. The van der Waals surface area contributed by atoms with E-state index in [1.807, 2.05) is 43.3 Å². The zero-order valence-corrected chi connectivity index (χ0v) is 11.9. The summed E-state index contributed by atoms with van der Waals surface area (Å²) in [5.41, 5.74) is 1.82. The normalized spacial score (nSPS) is 11.1. The zero-order valence-electron chi connectivity index (χ0n) is 11.9. The van der Waals surface area contributed by atoms with Crippen LogP contribution in [0.15, 0.2) is 29.8 Å². The summed E-state index contributed by atoms with van der Waals surface area (Å²) in [4.78, 5) is 24.3. The van der Waals surface area contributed by atoms with Crippen molar-refractivity contribution in [3.05, 3.63) is 35.4 Å². The van der Waals surface area contributed by atoms with Gasteiger partial charge < -0.3 is 19.5 Å². The molecule has 0 atom stereocenters. The van der Waals surface area contributed by atoms with Gasteiger partial charge in [-0.15, -0.1) is 0 Å². The first-order chi connectivity index (χ1) is 9.43. The first kappa shape index (κ1) is 15.8. The van der Waals surface area contributed by atoms with Gasteiger partial charge in [0, 0.05) is 37.7 Å². The van der Waals surface area contributed by atoms with Crippen molar-refractivity contribution < 1.29 is 19.4 Å². The second-order valence-electron chi connectivity index (χ2n) is 4.42. The molecule has 0 spiro atoms. The smallest absolute Gasteiger partial charge is 0.334 e. The minimum atomic E-state index is -1.31. The minimum Gasteiger partial charge on any atom is -0.550 e. The lowest BCUT2D eigenvalue weighted by Crippen LogP contribution is -2.24. The summed E-state index contributed by atoms with van der Waals surface area (Å²) >= 11 is 0. The topological polar surface area (TPSA) is 69.7 Å². The highest BCUT2D eigenvalue weighted by atomic mass is 16.5. The summed E-state index contributed by atoms with van der Waals surface area (Å²) < 4.78 is 4.83. The van der Waals surface area contributed by atoms with E-state index in [0.29, 0.717) is 0 Å². The maximum atomic E-state index is 11.7. The molecule has 0 fully saturated rings. The van der Waals surface area contributed by atoms with E-state index in [4.69, 9.17) is 4.74 Å². The molecule has 0 aromatic heterocycles. The Morgan fingerprint density at radius 1 is 1.25 bits per heavy atom. The molecule has 5 heteroatoms. The second kappa shape index (κ2) is 7.33. The Balaban J connectivity index is 2.99. The van der Waals surface area contributed by atoms with Gasteiger partial charge in [-0.1, -0.05) is 12.1 Å². The summed E-state index contributed by atoms with van der Waals surface area (Å²) in [7, 11) is 3.84. The fraction of sp³-hybridized carbons (Fsp3) is 0.333. The maximum Gasteiger partial charge on any atom is 0.334 e. The number of hydrogen-bond donors (Lipinski definition) is 0. The van der Waals surface area contributed by atoms with Gasteiger partial charge in [0.15, 0.2) is 0 Å². The molecule has 0 unspecified atom stereocenters. The van der Waals surface area contributed by atoms with E-state index < -0.39 is 18.4 Å². The number of nitrogens with zero attached hydrogens (tertiary/aromatic N) is 1. The Morgan fingerprint density at radius 2 is 1.85 bits per heavy atom. The summed E-state index contributed by atoms with van der Waals surface area (Å²) in [6.45, 7) is 1.86. The van der Waals surface area contributed by atoms with E-state index in [9.17, 15) is 14.7 Å². The standard InChI is InChI=1S/C15H19NO4/c1-4-20-15(19)12(10-14(17)18)9-11-5-7-13(8-6-11)16(2)3/h5-9H,4,10H2,1-3H3,(H,17,18)/p-1. The van der Waals surface area contributed by atoms with Crippen LogP contribution in [0.2, 0.25) is 0 Å². The Labute approximate surface area is 118 Å². The molecule has 1 aromatic rings. The molecule has 0 heterocycles. The largest absolute Gasteiger partial charge is 0.550 e. The molecule has 0 aliphatic heterocycles. The number of aliphatic carboxylic acids is 1. The molecule has 0 aliphatic carbocycles. The number of carboxylic acid groups (broad SMARTS) is 1. The van der Waals surface area contributed by atoms with Gasteiger partial charge in [-0.3, -0.25) is 0 Å². The number of ether oxygens (including phenoxy) is 1.